The molecule has 0 spiro atoms. The molecule has 0 amide bonds. The molecular weight excluding hydrogens is 232 g/mol. The van der Waals surface area contributed by atoms with Crippen LogP contribution in [-0.2, 0) is 0 Å². The average molecular weight is 252 g/mol. The molecule has 0 aliphatic heterocycles. The monoisotopic (exact) mass is 252 g/mol. The Balaban J connectivity index is 2.83. The van der Waals surface area contributed by atoms with E-state index in [-0.39, 0.29) is 16.7 Å². The summed E-state index contributed by atoms with van der Waals surface area (Å²) in [5.41, 5.74) is 0.824. The summed E-state index contributed by atoms with van der Waals surface area (Å²) in [5.74, 6) is 0. The van der Waals surface area contributed by atoms with Gasteiger partial charge in [0.15, 0.2) is 0 Å². The summed E-state index contributed by atoms with van der Waals surface area (Å²) in [7, 11) is 0. The van der Waals surface area contributed by atoms with E-state index in [2.05, 4.69) is 5.32 Å². The van der Waals surface area contributed by atoms with E-state index in [1.165, 1.54) is 0 Å². The number of benzene rings is 1. The second kappa shape index (κ2) is 5.46. The number of aryl methyl sites for hydroxylation is 1. The van der Waals surface area contributed by atoms with Gasteiger partial charge in [0.05, 0.1) is 10.5 Å². The second-order valence-corrected chi connectivity index (χ2v) is 5.22. The highest BCUT2D eigenvalue weighted by molar-refractivity contribution is 5.43. The zero-order valence-electron chi connectivity index (χ0n) is 11.2. The van der Waals surface area contributed by atoms with E-state index >= 15 is 0 Å². The van der Waals surface area contributed by atoms with E-state index in [1.54, 1.807) is 32.9 Å². The number of nitro groups is 1. The molecule has 5 nitrogen and oxygen atoms in total. The van der Waals surface area contributed by atoms with Gasteiger partial charge >= 0.3 is 0 Å². The standard InChI is InChI=1S/C13H20N2O3/c1-9-5-6-11(7-12(9)15(17)18)10(2)14-8-13(3,4)16/h5-7,10,14,16H,8H2,1-4H3. The van der Waals surface area contributed by atoms with Crippen molar-refractivity contribution in [3.8, 4) is 0 Å². The van der Waals surface area contributed by atoms with Crippen LogP contribution >= 0.6 is 0 Å². The van der Waals surface area contributed by atoms with Crippen molar-refractivity contribution >= 4 is 5.69 Å². The van der Waals surface area contributed by atoms with Crippen molar-refractivity contribution in [1.29, 1.82) is 0 Å². The molecule has 0 radical (unpaired) electrons. The summed E-state index contributed by atoms with van der Waals surface area (Å²) in [5, 5.41) is 23.6. The Kier molecular flexibility index (Phi) is 4.43. The summed E-state index contributed by atoms with van der Waals surface area (Å²) in [6.45, 7) is 7.49. The van der Waals surface area contributed by atoms with Crippen molar-refractivity contribution < 1.29 is 10.0 Å². The van der Waals surface area contributed by atoms with Crippen molar-refractivity contribution in [2.75, 3.05) is 6.54 Å². The van der Waals surface area contributed by atoms with Gasteiger partial charge in [-0.15, -0.1) is 0 Å². The minimum absolute atomic E-state index is 0.0456. The van der Waals surface area contributed by atoms with E-state index in [0.717, 1.165) is 5.56 Å². The molecule has 100 valence electrons. The molecule has 0 aliphatic carbocycles. The third-order valence-corrected chi connectivity index (χ3v) is 2.77. The quantitative estimate of drug-likeness (QED) is 0.623. The number of hydrogen-bond donors (Lipinski definition) is 2. The maximum atomic E-state index is 10.9. The fraction of sp³-hybridized carbons (Fsp3) is 0.538. The molecule has 1 rings (SSSR count). The highest BCUT2D eigenvalue weighted by Crippen LogP contribution is 2.23. The third kappa shape index (κ3) is 4.09. The number of aliphatic hydroxyl groups is 1. The molecule has 0 fully saturated rings. The van der Waals surface area contributed by atoms with E-state index in [9.17, 15) is 15.2 Å². The molecule has 0 bridgehead atoms. The fourth-order valence-corrected chi connectivity index (χ4v) is 1.61. The van der Waals surface area contributed by atoms with E-state index < -0.39 is 5.60 Å². The number of nitrogens with zero attached hydrogens (tertiary/aromatic N) is 1. The van der Waals surface area contributed by atoms with E-state index in [1.807, 2.05) is 13.0 Å². The number of hydrogen-bond acceptors (Lipinski definition) is 4. The van der Waals surface area contributed by atoms with Crippen molar-refractivity contribution in [3.63, 3.8) is 0 Å². The van der Waals surface area contributed by atoms with Gasteiger partial charge in [-0.25, -0.2) is 0 Å². The van der Waals surface area contributed by atoms with Gasteiger partial charge in [0.25, 0.3) is 5.69 Å². The van der Waals surface area contributed by atoms with Gasteiger partial charge in [-0.1, -0.05) is 12.1 Å². The molecule has 1 aromatic carbocycles. The van der Waals surface area contributed by atoms with Gasteiger partial charge in [-0.05, 0) is 33.3 Å². The molecule has 1 atom stereocenters. The SMILES string of the molecule is Cc1ccc(C(C)NCC(C)(C)O)cc1[N+](=O)[O-]. The third-order valence-electron chi connectivity index (χ3n) is 2.77. The van der Waals surface area contributed by atoms with Crippen molar-refractivity contribution in [2.24, 2.45) is 0 Å². The summed E-state index contributed by atoms with van der Waals surface area (Å²) in [6.07, 6.45) is 0. The van der Waals surface area contributed by atoms with Crippen molar-refractivity contribution in [3.05, 3.63) is 39.4 Å². The summed E-state index contributed by atoms with van der Waals surface area (Å²) in [6, 6.07) is 5.15. The number of rotatable bonds is 5. The van der Waals surface area contributed by atoms with Gasteiger partial charge in [0, 0.05) is 24.2 Å². The topological polar surface area (TPSA) is 75.4 Å². The smallest absolute Gasteiger partial charge is 0.272 e. The van der Waals surface area contributed by atoms with Crippen molar-refractivity contribution in [1.82, 2.24) is 5.32 Å². The Bertz CT molecular complexity index is 438. The Labute approximate surface area is 107 Å². The average Bonchev–Trinajstić information content (AvgIpc) is 2.25. The Hall–Kier alpha value is -1.46. The lowest BCUT2D eigenvalue weighted by Gasteiger charge is -2.22. The van der Waals surface area contributed by atoms with Crippen LogP contribution in [-0.4, -0.2) is 22.2 Å². The molecule has 1 unspecified atom stereocenters. The van der Waals surface area contributed by atoms with Crippen LogP contribution in [0.4, 0.5) is 5.69 Å². The second-order valence-electron chi connectivity index (χ2n) is 5.22. The van der Waals surface area contributed by atoms with Crippen LogP contribution in [0.25, 0.3) is 0 Å². The zero-order chi connectivity index (χ0) is 13.9. The highest BCUT2D eigenvalue weighted by atomic mass is 16.6. The molecule has 1 aromatic rings. The summed E-state index contributed by atoms with van der Waals surface area (Å²) >= 11 is 0. The van der Waals surface area contributed by atoms with E-state index in [0.29, 0.717) is 12.1 Å². The summed E-state index contributed by atoms with van der Waals surface area (Å²) < 4.78 is 0. The molecule has 0 saturated carbocycles. The largest absolute Gasteiger partial charge is 0.389 e. The summed E-state index contributed by atoms with van der Waals surface area (Å²) in [4.78, 5) is 10.5. The lowest BCUT2D eigenvalue weighted by atomic mass is 10.0. The minimum Gasteiger partial charge on any atom is -0.389 e. The van der Waals surface area contributed by atoms with Crippen LogP contribution in [0.2, 0.25) is 0 Å². The molecule has 0 aliphatic rings. The van der Waals surface area contributed by atoms with Crippen LogP contribution in [0.15, 0.2) is 18.2 Å². The normalized spacial score (nSPS) is 13.4. The lowest BCUT2D eigenvalue weighted by Crippen LogP contribution is -2.36. The fourth-order valence-electron chi connectivity index (χ4n) is 1.61. The van der Waals surface area contributed by atoms with E-state index in [4.69, 9.17) is 0 Å². The molecule has 5 heteroatoms. The van der Waals surface area contributed by atoms with Gasteiger partial charge in [0.2, 0.25) is 0 Å². The van der Waals surface area contributed by atoms with Crippen LogP contribution in [0.1, 0.15) is 37.9 Å². The van der Waals surface area contributed by atoms with Crippen LogP contribution in [0.3, 0.4) is 0 Å². The molecule has 2 N–H and O–H groups in total. The Morgan fingerprint density at radius 3 is 2.61 bits per heavy atom. The van der Waals surface area contributed by atoms with Crippen LogP contribution < -0.4 is 5.32 Å². The predicted molar refractivity (Wildman–Crippen MR) is 70.5 cm³/mol. The molecule has 0 aromatic heterocycles. The Morgan fingerprint density at radius 1 is 1.50 bits per heavy atom. The lowest BCUT2D eigenvalue weighted by molar-refractivity contribution is -0.385. The maximum Gasteiger partial charge on any atom is 0.272 e. The molecule has 0 saturated heterocycles. The maximum absolute atomic E-state index is 10.9. The zero-order valence-corrected chi connectivity index (χ0v) is 11.2. The highest BCUT2D eigenvalue weighted by Gasteiger charge is 2.17. The first-order chi connectivity index (χ1) is 8.20. The first-order valence-corrected chi connectivity index (χ1v) is 5.91. The molecule has 0 heterocycles. The number of nitrogens with one attached hydrogen (secondary N) is 1. The first-order valence-electron chi connectivity index (χ1n) is 5.91. The van der Waals surface area contributed by atoms with Gasteiger partial charge in [-0.2, -0.15) is 0 Å². The van der Waals surface area contributed by atoms with Crippen LogP contribution in [0.5, 0.6) is 0 Å². The van der Waals surface area contributed by atoms with Gasteiger partial charge in [-0.3, -0.25) is 10.1 Å². The minimum atomic E-state index is -0.801. The number of nitro benzene ring substituents is 1. The first kappa shape index (κ1) is 14.6. The molecular formula is C13H20N2O3. The van der Waals surface area contributed by atoms with Crippen molar-refractivity contribution in [2.45, 2.75) is 39.3 Å². The van der Waals surface area contributed by atoms with Gasteiger partial charge in [0.1, 0.15) is 0 Å². The van der Waals surface area contributed by atoms with Gasteiger partial charge < -0.3 is 10.4 Å². The predicted octanol–water partition coefficient (Wildman–Crippen LogP) is 2.32. The Morgan fingerprint density at radius 2 is 2.11 bits per heavy atom. The van der Waals surface area contributed by atoms with Crippen LogP contribution in [0, 0.1) is 17.0 Å². The molecule has 18 heavy (non-hydrogen) atoms.